The summed E-state index contributed by atoms with van der Waals surface area (Å²) in [6.07, 6.45) is 3.59. The van der Waals surface area contributed by atoms with E-state index in [4.69, 9.17) is 41.9 Å². The van der Waals surface area contributed by atoms with E-state index in [1.54, 1.807) is 0 Å². The number of carbonyl (C=O) groups excluding carboxylic acids is 2. The SMILES string of the molecule is CCCCc1nc(Cl)c(COC(=O)CCCCON(O)O)n1Cc1ccc(-c2ccccc2-c2nnn(C(=O)OCCCCON(O)O)n2)cc1. The van der Waals surface area contributed by atoms with Gasteiger partial charge in [-0.2, -0.15) is 0 Å². The molecule has 0 radical (unpaired) electrons. The molecule has 4 aromatic rings. The lowest BCUT2D eigenvalue weighted by Crippen LogP contribution is -2.18. The molecule has 2 aromatic carbocycles. The number of ether oxygens (including phenoxy) is 2. The third-order valence-electron chi connectivity index (χ3n) is 7.53. The maximum Gasteiger partial charge on any atom is 0.453 e. The molecule has 51 heavy (non-hydrogen) atoms. The molecule has 0 aliphatic carbocycles. The Morgan fingerprint density at radius 3 is 2.20 bits per heavy atom. The quantitative estimate of drug-likeness (QED) is 0.0488. The number of carbonyl (C=O) groups is 2. The van der Waals surface area contributed by atoms with E-state index in [2.05, 4.69) is 37.0 Å². The van der Waals surface area contributed by atoms with Crippen LogP contribution in [0.3, 0.4) is 0 Å². The third kappa shape index (κ3) is 12.4. The van der Waals surface area contributed by atoms with E-state index in [0.717, 1.165) is 40.2 Å². The van der Waals surface area contributed by atoms with Gasteiger partial charge in [-0.15, -0.1) is 10.2 Å². The average molecular weight is 733 g/mol. The van der Waals surface area contributed by atoms with Crippen LogP contribution in [0.5, 0.6) is 0 Å². The number of esters is 1. The molecular formula is C32H41ClN8O10. The molecule has 0 unspecified atom stereocenters. The fourth-order valence-corrected chi connectivity index (χ4v) is 5.22. The predicted octanol–water partition coefficient (Wildman–Crippen LogP) is 5.25. The van der Waals surface area contributed by atoms with Crippen LogP contribution in [0, 0.1) is 0 Å². The predicted molar refractivity (Wildman–Crippen MR) is 176 cm³/mol. The highest BCUT2D eigenvalue weighted by molar-refractivity contribution is 6.30. The lowest BCUT2D eigenvalue weighted by molar-refractivity contribution is -0.492. The lowest BCUT2D eigenvalue weighted by atomic mass is 9.98. The number of hydrogen-bond donors (Lipinski definition) is 4. The van der Waals surface area contributed by atoms with Gasteiger partial charge in [0.25, 0.3) is 0 Å². The topological polar surface area (TPSA) is 220 Å². The number of hydrogen-bond acceptors (Lipinski definition) is 16. The number of halogens is 1. The van der Waals surface area contributed by atoms with E-state index >= 15 is 0 Å². The number of aryl methyl sites for hydroxylation is 1. The van der Waals surface area contributed by atoms with Gasteiger partial charge in [-0.1, -0.05) is 78.3 Å². The van der Waals surface area contributed by atoms with Crippen molar-refractivity contribution in [2.75, 3.05) is 19.8 Å². The van der Waals surface area contributed by atoms with Crippen molar-refractivity contribution in [3.05, 3.63) is 70.8 Å². The molecule has 0 fully saturated rings. The average Bonchev–Trinajstić information content (AvgIpc) is 3.72. The van der Waals surface area contributed by atoms with Gasteiger partial charge in [-0.25, -0.2) is 9.78 Å². The van der Waals surface area contributed by atoms with Gasteiger partial charge in [0, 0.05) is 24.9 Å². The molecule has 0 atom stereocenters. The molecule has 2 heterocycles. The molecule has 2 aromatic heterocycles. The molecular weight excluding hydrogens is 692 g/mol. The normalized spacial score (nSPS) is 11.5. The van der Waals surface area contributed by atoms with Crippen LogP contribution in [0.25, 0.3) is 22.5 Å². The lowest BCUT2D eigenvalue weighted by Gasteiger charge is -2.14. The molecule has 18 nitrogen and oxygen atoms in total. The Balaban J connectivity index is 1.42. The van der Waals surface area contributed by atoms with Gasteiger partial charge >= 0.3 is 12.1 Å². The van der Waals surface area contributed by atoms with E-state index in [-0.39, 0.29) is 54.6 Å². The minimum Gasteiger partial charge on any atom is -0.459 e. The summed E-state index contributed by atoms with van der Waals surface area (Å²) in [5.41, 5.74) is 3.90. The Morgan fingerprint density at radius 1 is 0.843 bits per heavy atom. The van der Waals surface area contributed by atoms with Crippen molar-refractivity contribution >= 4 is 23.7 Å². The smallest absolute Gasteiger partial charge is 0.453 e. The van der Waals surface area contributed by atoms with Crippen LogP contribution >= 0.6 is 11.6 Å². The Labute approximate surface area is 298 Å². The summed E-state index contributed by atoms with van der Waals surface area (Å²) in [6, 6.07) is 15.3. The Hall–Kier alpha value is -4.37. The summed E-state index contributed by atoms with van der Waals surface area (Å²) >= 11 is 6.55. The van der Waals surface area contributed by atoms with Gasteiger partial charge in [0.1, 0.15) is 12.4 Å². The molecule has 19 heteroatoms. The Kier molecular flexibility index (Phi) is 15.8. The molecule has 4 N–H and O–H groups in total. The van der Waals surface area contributed by atoms with Crippen molar-refractivity contribution in [1.29, 1.82) is 0 Å². The summed E-state index contributed by atoms with van der Waals surface area (Å²) < 4.78 is 12.7. The monoisotopic (exact) mass is 732 g/mol. The van der Waals surface area contributed by atoms with E-state index in [9.17, 15) is 9.59 Å². The second-order valence-electron chi connectivity index (χ2n) is 11.2. The Bertz CT molecular complexity index is 1680. The van der Waals surface area contributed by atoms with Gasteiger partial charge in [-0.3, -0.25) is 35.3 Å². The van der Waals surface area contributed by atoms with Gasteiger partial charge in [0.15, 0.2) is 5.15 Å². The number of tetrazole rings is 1. The van der Waals surface area contributed by atoms with Crippen molar-refractivity contribution in [2.45, 2.75) is 71.4 Å². The van der Waals surface area contributed by atoms with Gasteiger partial charge in [0.2, 0.25) is 5.82 Å². The van der Waals surface area contributed by atoms with Crippen LogP contribution in [0.1, 0.15) is 69.0 Å². The summed E-state index contributed by atoms with van der Waals surface area (Å²) in [6.45, 7) is 2.60. The first-order chi connectivity index (χ1) is 24.7. The first kappa shape index (κ1) is 39.4. The van der Waals surface area contributed by atoms with Crippen molar-refractivity contribution in [1.82, 2.24) is 40.5 Å². The molecule has 0 saturated heterocycles. The maximum absolute atomic E-state index is 12.4. The second-order valence-corrected chi connectivity index (χ2v) is 11.6. The fraction of sp³-hybridized carbons (Fsp3) is 0.438. The number of nitrogens with zero attached hydrogens (tertiary/aromatic N) is 8. The summed E-state index contributed by atoms with van der Waals surface area (Å²) in [5.74, 6) is 0.600. The third-order valence-corrected chi connectivity index (χ3v) is 7.83. The highest BCUT2D eigenvalue weighted by Crippen LogP contribution is 2.30. The molecule has 0 amide bonds. The van der Waals surface area contributed by atoms with Crippen LogP contribution in [-0.4, -0.2) is 93.3 Å². The molecule has 276 valence electrons. The minimum absolute atomic E-state index is 0.0306. The zero-order chi connectivity index (χ0) is 36.6. The molecule has 0 aliphatic heterocycles. The summed E-state index contributed by atoms with van der Waals surface area (Å²) in [4.78, 5) is 39.1. The van der Waals surface area contributed by atoms with Crippen LogP contribution < -0.4 is 0 Å². The van der Waals surface area contributed by atoms with Crippen LogP contribution in [0.4, 0.5) is 4.79 Å². The highest BCUT2D eigenvalue weighted by Gasteiger charge is 2.19. The maximum atomic E-state index is 12.4. The standard InChI is InChI=1S/C32H41ClN8O10/c1-2-3-12-28-34-30(33)27(22-49-29(42)13-6-7-19-50-40(44)45)38(28)21-23-14-16-24(17-15-23)25-10-4-5-11-26(25)31-35-37-39(36-31)32(43)48-18-8-9-20-51-41(46)47/h4-5,10-11,14-17,44-47H,2-3,6-9,12-13,18-22H2,1H3. The number of imidazole rings is 1. The second kappa shape index (κ2) is 20.5. The van der Waals surface area contributed by atoms with Gasteiger partial charge in [-0.05, 0) is 54.0 Å². The Morgan fingerprint density at radius 2 is 1.51 bits per heavy atom. The van der Waals surface area contributed by atoms with Crippen molar-refractivity contribution in [2.24, 2.45) is 0 Å². The van der Waals surface area contributed by atoms with Gasteiger partial charge < -0.3 is 14.0 Å². The number of benzene rings is 2. The number of aromatic nitrogens is 6. The van der Waals surface area contributed by atoms with Crippen molar-refractivity contribution < 1.29 is 49.6 Å². The largest absolute Gasteiger partial charge is 0.459 e. The molecule has 0 bridgehead atoms. The number of unbranched alkanes of at least 4 members (excludes halogenated alkanes) is 3. The van der Waals surface area contributed by atoms with E-state index in [0.29, 0.717) is 49.9 Å². The van der Waals surface area contributed by atoms with Crippen LogP contribution in [-0.2, 0) is 43.5 Å². The minimum atomic E-state index is -0.807. The summed E-state index contributed by atoms with van der Waals surface area (Å²) in [5, 5.41) is 45.9. The summed E-state index contributed by atoms with van der Waals surface area (Å²) in [7, 11) is 0. The highest BCUT2D eigenvalue weighted by atomic mass is 35.5. The van der Waals surface area contributed by atoms with Crippen LogP contribution in [0.2, 0.25) is 5.15 Å². The first-order valence-corrected chi connectivity index (χ1v) is 16.7. The first-order valence-electron chi connectivity index (χ1n) is 16.3. The zero-order valence-corrected chi connectivity index (χ0v) is 28.8. The number of rotatable bonds is 21. The molecule has 4 rings (SSSR count). The van der Waals surface area contributed by atoms with Crippen molar-refractivity contribution in [3.63, 3.8) is 0 Å². The van der Waals surface area contributed by atoms with Crippen molar-refractivity contribution in [3.8, 4) is 22.5 Å². The van der Waals surface area contributed by atoms with E-state index in [1.165, 1.54) is 0 Å². The van der Waals surface area contributed by atoms with E-state index in [1.807, 2.05) is 53.1 Å². The molecule has 0 aliphatic rings. The van der Waals surface area contributed by atoms with Crippen LogP contribution in [0.15, 0.2) is 48.5 Å². The van der Waals surface area contributed by atoms with E-state index < -0.39 is 12.1 Å². The fourth-order valence-electron chi connectivity index (χ4n) is 4.96. The zero-order valence-electron chi connectivity index (χ0n) is 28.0. The molecule has 0 saturated carbocycles. The van der Waals surface area contributed by atoms with Gasteiger partial charge in [0.05, 0.1) is 36.3 Å². The molecule has 0 spiro atoms.